The minimum atomic E-state index is -0.433. The summed E-state index contributed by atoms with van der Waals surface area (Å²) < 4.78 is 3.93. The Morgan fingerprint density at radius 2 is 1.78 bits per heavy atom. The third-order valence-electron chi connectivity index (χ3n) is 4.91. The first-order chi connectivity index (χ1) is 13.2. The molecule has 0 amide bonds. The fourth-order valence-electron chi connectivity index (χ4n) is 3.62. The Balaban J connectivity index is 1.44. The summed E-state index contributed by atoms with van der Waals surface area (Å²) in [7, 11) is 0. The number of rotatable bonds is 7. The van der Waals surface area contributed by atoms with Gasteiger partial charge in [0.05, 0.1) is 11.9 Å². The predicted octanol–water partition coefficient (Wildman–Crippen LogP) is 4.26. The molecule has 0 aliphatic rings. The number of para-hydroxylation sites is 1. The number of benzene rings is 2. The maximum absolute atomic E-state index is 10.9. The summed E-state index contributed by atoms with van der Waals surface area (Å²) >= 11 is 0. The fourth-order valence-corrected chi connectivity index (χ4v) is 3.62. The van der Waals surface area contributed by atoms with E-state index in [1.54, 1.807) is 10.8 Å². The zero-order valence-electron chi connectivity index (χ0n) is 15.0. The second-order valence-electron chi connectivity index (χ2n) is 6.67. The summed E-state index contributed by atoms with van der Waals surface area (Å²) in [4.78, 5) is 14.3. The van der Waals surface area contributed by atoms with Gasteiger partial charge in [0.1, 0.15) is 18.9 Å². The minimum absolute atomic E-state index is 0.0788. The van der Waals surface area contributed by atoms with E-state index in [4.69, 9.17) is 0 Å². The van der Waals surface area contributed by atoms with E-state index in [0.717, 1.165) is 25.8 Å². The van der Waals surface area contributed by atoms with Gasteiger partial charge in [-0.15, -0.1) is 0 Å². The third kappa shape index (κ3) is 3.51. The lowest BCUT2D eigenvalue weighted by Crippen LogP contribution is -2.34. The largest absolute Gasteiger partial charge is 0.434 e. The van der Waals surface area contributed by atoms with Gasteiger partial charge in [-0.2, -0.15) is 4.57 Å². The Kier molecular flexibility index (Phi) is 4.78. The molecule has 0 N–H and O–H groups in total. The number of imidazole rings is 1. The van der Waals surface area contributed by atoms with Crippen molar-refractivity contribution in [3.05, 3.63) is 77.2 Å². The Morgan fingerprint density at radius 1 is 1.00 bits per heavy atom. The molecule has 0 aliphatic carbocycles. The summed E-state index contributed by atoms with van der Waals surface area (Å²) in [5.41, 5.74) is 1.24. The van der Waals surface area contributed by atoms with Crippen molar-refractivity contribution in [2.45, 2.75) is 32.4 Å². The van der Waals surface area contributed by atoms with Crippen LogP contribution < -0.4 is 4.57 Å². The molecule has 6 heteroatoms. The van der Waals surface area contributed by atoms with Crippen LogP contribution >= 0.6 is 0 Å². The van der Waals surface area contributed by atoms with E-state index >= 15 is 0 Å². The molecule has 27 heavy (non-hydrogen) atoms. The van der Waals surface area contributed by atoms with Crippen molar-refractivity contribution >= 4 is 27.6 Å². The summed E-state index contributed by atoms with van der Waals surface area (Å²) in [6, 6.07) is 17.0. The Morgan fingerprint density at radius 3 is 2.63 bits per heavy atom. The zero-order valence-corrected chi connectivity index (χ0v) is 15.0. The van der Waals surface area contributed by atoms with Crippen LogP contribution in [0.4, 0.5) is 5.95 Å². The van der Waals surface area contributed by atoms with E-state index in [2.05, 4.69) is 64.3 Å². The summed E-state index contributed by atoms with van der Waals surface area (Å²) in [5, 5.41) is 14.7. The van der Waals surface area contributed by atoms with Crippen molar-refractivity contribution in [1.82, 2.24) is 9.55 Å². The van der Waals surface area contributed by atoms with Crippen molar-refractivity contribution in [3.8, 4) is 0 Å². The molecule has 0 fully saturated rings. The molecular formula is C21H21N4O2+. The number of pyridine rings is 1. The normalized spacial score (nSPS) is 11.3. The van der Waals surface area contributed by atoms with Crippen LogP contribution in [-0.2, 0) is 13.1 Å². The molecular weight excluding hydrogens is 340 g/mol. The minimum Gasteiger partial charge on any atom is -0.390 e. The lowest BCUT2D eigenvalue weighted by molar-refractivity contribution is -0.670. The molecule has 0 bridgehead atoms. The van der Waals surface area contributed by atoms with Crippen LogP contribution in [-0.4, -0.2) is 14.5 Å². The monoisotopic (exact) mass is 361 g/mol. The maximum atomic E-state index is 10.9. The topological polar surface area (TPSA) is 64.8 Å². The highest BCUT2D eigenvalue weighted by Crippen LogP contribution is 2.22. The van der Waals surface area contributed by atoms with E-state index in [-0.39, 0.29) is 5.95 Å². The lowest BCUT2D eigenvalue weighted by Gasteiger charge is -2.06. The number of unbranched alkanes of at least 4 members (excludes halogenated alkanes) is 2. The second kappa shape index (κ2) is 7.53. The van der Waals surface area contributed by atoms with E-state index < -0.39 is 4.92 Å². The molecule has 2 aromatic heterocycles. The van der Waals surface area contributed by atoms with Gasteiger partial charge < -0.3 is 10.1 Å². The zero-order chi connectivity index (χ0) is 18.6. The first kappa shape index (κ1) is 17.1. The molecule has 0 aliphatic heterocycles. The molecule has 0 saturated carbocycles. The molecule has 136 valence electrons. The number of nitrogens with zero attached hydrogens (tertiary/aromatic N) is 4. The highest BCUT2D eigenvalue weighted by Gasteiger charge is 2.14. The van der Waals surface area contributed by atoms with Gasteiger partial charge in [0.25, 0.3) is 0 Å². The molecule has 0 saturated heterocycles. The highest BCUT2D eigenvalue weighted by atomic mass is 16.6. The standard InChI is InChI=1S/C21H21N4O2/c26-25(27)21-22-12-15-23(21)13-6-1-7-14-24-16-17-8-2-3-9-18(17)19-10-4-5-11-20(19)24/h2-5,8-12,15-16H,1,6-7,13-14H2/q+1. The van der Waals surface area contributed by atoms with Crippen molar-refractivity contribution in [3.63, 3.8) is 0 Å². The highest BCUT2D eigenvalue weighted by molar-refractivity contribution is 6.03. The van der Waals surface area contributed by atoms with Crippen molar-refractivity contribution in [2.75, 3.05) is 0 Å². The van der Waals surface area contributed by atoms with Crippen LogP contribution in [0.25, 0.3) is 21.7 Å². The first-order valence-electron chi connectivity index (χ1n) is 9.19. The quantitative estimate of drug-likeness (QED) is 0.162. The summed E-state index contributed by atoms with van der Waals surface area (Å²) in [5.74, 6) is -0.0788. The van der Waals surface area contributed by atoms with Gasteiger partial charge in [-0.05, 0) is 29.9 Å². The molecule has 4 aromatic rings. The van der Waals surface area contributed by atoms with Gasteiger partial charge in [-0.25, -0.2) is 4.57 Å². The van der Waals surface area contributed by atoms with Gasteiger partial charge in [-0.3, -0.25) is 0 Å². The van der Waals surface area contributed by atoms with Crippen molar-refractivity contribution in [1.29, 1.82) is 0 Å². The molecule has 0 atom stereocenters. The number of hydrogen-bond donors (Lipinski definition) is 0. The average Bonchev–Trinajstić information content (AvgIpc) is 3.16. The molecule has 2 heterocycles. The fraction of sp³-hybridized carbons (Fsp3) is 0.238. The van der Waals surface area contributed by atoms with Crippen molar-refractivity contribution in [2.24, 2.45) is 0 Å². The SMILES string of the molecule is O=[N+]([O-])c1nccn1CCCCC[n+]1cc2ccccc2c2ccccc21. The molecule has 4 rings (SSSR count). The van der Waals surface area contributed by atoms with Gasteiger partial charge in [-0.1, -0.05) is 35.3 Å². The predicted molar refractivity (Wildman–Crippen MR) is 104 cm³/mol. The van der Waals surface area contributed by atoms with Crippen LogP contribution in [0.1, 0.15) is 19.3 Å². The van der Waals surface area contributed by atoms with Crippen molar-refractivity contribution < 1.29 is 9.49 Å². The van der Waals surface area contributed by atoms with Crippen LogP contribution in [0.15, 0.2) is 67.1 Å². The number of fused-ring (bicyclic) bond motifs is 3. The Labute approximate surface area is 156 Å². The number of nitro groups is 1. The third-order valence-corrected chi connectivity index (χ3v) is 4.91. The second-order valence-corrected chi connectivity index (χ2v) is 6.67. The Bertz CT molecular complexity index is 1100. The number of aryl methyl sites for hydroxylation is 2. The van der Waals surface area contributed by atoms with Gasteiger partial charge in [0, 0.05) is 23.3 Å². The van der Waals surface area contributed by atoms with Crippen LogP contribution in [0, 0.1) is 10.1 Å². The molecule has 0 radical (unpaired) electrons. The van der Waals surface area contributed by atoms with Gasteiger partial charge in [0.15, 0.2) is 6.20 Å². The average molecular weight is 361 g/mol. The van der Waals surface area contributed by atoms with Crippen LogP contribution in [0.5, 0.6) is 0 Å². The smallest absolute Gasteiger partial charge is 0.390 e. The summed E-state index contributed by atoms with van der Waals surface area (Å²) in [6.45, 7) is 1.55. The van der Waals surface area contributed by atoms with Gasteiger partial charge in [0.2, 0.25) is 5.52 Å². The number of aromatic nitrogens is 3. The van der Waals surface area contributed by atoms with E-state index in [9.17, 15) is 10.1 Å². The number of hydrogen-bond acceptors (Lipinski definition) is 3. The lowest BCUT2D eigenvalue weighted by atomic mass is 10.1. The van der Waals surface area contributed by atoms with E-state index in [1.165, 1.54) is 27.9 Å². The van der Waals surface area contributed by atoms with E-state index in [1.807, 2.05) is 0 Å². The molecule has 0 spiro atoms. The summed E-state index contributed by atoms with van der Waals surface area (Å²) in [6.07, 6.45) is 8.29. The molecule has 0 unspecified atom stereocenters. The van der Waals surface area contributed by atoms with Crippen LogP contribution in [0.3, 0.4) is 0 Å². The molecule has 2 aromatic carbocycles. The molecule has 6 nitrogen and oxygen atoms in total. The maximum Gasteiger partial charge on any atom is 0.434 e. The van der Waals surface area contributed by atoms with Gasteiger partial charge >= 0.3 is 5.95 Å². The van der Waals surface area contributed by atoms with E-state index in [0.29, 0.717) is 6.54 Å². The van der Waals surface area contributed by atoms with Crippen LogP contribution in [0.2, 0.25) is 0 Å². The first-order valence-corrected chi connectivity index (χ1v) is 9.19. The Hall–Kier alpha value is -3.28.